The van der Waals surface area contributed by atoms with Gasteiger partial charge in [0.2, 0.25) is 0 Å². The Morgan fingerprint density at radius 3 is 2.53 bits per heavy atom. The second-order valence-corrected chi connectivity index (χ2v) is 4.23. The van der Waals surface area contributed by atoms with Gasteiger partial charge in [0.1, 0.15) is 5.69 Å². The molecule has 0 aliphatic heterocycles. The van der Waals surface area contributed by atoms with Crippen molar-refractivity contribution in [3.05, 3.63) is 33.4 Å². The number of rotatable bonds is 0. The summed E-state index contributed by atoms with van der Waals surface area (Å²) >= 11 is 8.61. The first-order valence-electron chi connectivity index (χ1n) is 3.93. The van der Waals surface area contributed by atoms with E-state index >= 15 is 0 Å². The number of nitrogens with one attached hydrogen (secondary N) is 1. The van der Waals surface area contributed by atoms with Gasteiger partial charge in [-0.2, -0.15) is 13.2 Å². The van der Waals surface area contributed by atoms with Crippen molar-refractivity contribution in [2.75, 3.05) is 0 Å². The van der Waals surface area contributed by atoms with E-state index in [1.165, 1.54) is 18.2 Å². The number of fused-ring (bicyclic) bond motifs is 1. The summed E-state index contributed by atoms with van der Waals surface area (Å²) in [5, 5.41) is 0.825. The summed E-state index contributed by atoms with van der Waals surface area (Å²) in [7, 11) is 0. The lowest BCUT2D eigenvalue weighted by Crippen LogP contribution is -2.05. The Labute approximate surface area is 96.4 Å². The van der Waals surface area contributed by atoms with Gasteiger partial charge >= 0.3 is 6.18 Å². The van der Waals surface area contributed by atoms with Gasteiger partial charge in [0.05, 0.1) is 4.47 Å². The van der Waals surface area contributed by atoms with Gasteiger partial charge in [-0.3, -0.25) is 0 Å². The number of hydrogen-bond acceptors (Lipinski definition) is 0. The Balaban J connectivity index is 2.76. The Kier molecular flexibility index (Phi) is 2.47. The van der Waals surface area contributed by atoms with Crippen LogP contribution in [0, 0.1) is 0 Å². The molecule has 0 spiro atoms. The van der Waals surface area contributed by atoms with E-state index in [0.29, 0.717) is 15.9 Å². The third kappa shape index (κ3) is 1.86. The molecule has 0 unspecified atom stereocenters. The monoisotopic (exact) mass is 297 g/mol. The first-order valence-corrected chi connectivity index (χ1v) is 5.10. The maximum Gasteiger partial charge on any atom is 0.432 e. The number of aromatic amines is 1. The quantitative estimate of drug-likeness (QED) is 0.731. The number of benzene rings is 1. The van der Waals surface area contributed by atoms with Gasteiger partial charge in [-0.1, -0.05) is 11.6 Å². The maximum atomic E-state index is 12.5. The van der Waals surface area contributed by atoms with E-state index in [2.05, 4.69) is 20.9 Å². The third-order valence-corrected chi connectivity index (χ3v) is 3.04. The highest BCUT2D eigenvalue weighted by molar-refractivity contribution is 9.10. The highest BCUT2D eigenvalue weighted by atomic mass is 79.9. The van der Waals surface area contributed by atoms with Crippen LogP contribution in [0.25, 0.3) is 10.9 Å². The Morgan fingerprint density at radius 2 is 1.93 bits per heavy atom. The lowest BCUT2D eigenvalue weighted by atomic mass is 10.2. The summed E-state index contributed by atoms with van der Waals surface area (Å²) in [5.41, 5.74) is -0.390. The van der Waals surface area contributed by atoms with E-state index < -0.39 is 11.9 Å². The van der Waals surface area contributed by atoms with Gasteiger partial charge in [0, 0.05) is 15.9 Å². The fourth-order valence-electron chi connectivity index (χ4n) is 1.33. The molecule has 0 aliphatic rings. The zero-order chi connectivity index (χ0) is 11.2. The second kappa shape index (κ2) is 3.42. The van der Waals surface area contributed by atoms with Crippen molar-refractivity contribution < 1.29 is 13.2 Å². The van der Waals surface area contributed by atoms with E-state index in [-0.39, 0.29) is 4.47 Å². The predicted molar refractivity (Wildman–Crippen MR) is 56.0 cm³/mol. The lowest BCUT2D eigenvalue weighted by molar-refractivity contribution is -0.141. The average Bonchev–Trinajstić information content (AvgIpc) is 2.43. The van der Waals surface area contributed by atoms with Crippen LogP contribution in [-0.2, 0) is 6.18 Å². The van der Waals surface area contributed by atoms with Crippen LogP contribution in [0.15, 0.2) is 22.7 Å². The minimum Gasteiger partial charge on any atom is -0.350 e. The molecule has 0 radical (unpaired) electrons. The van der Waals surface area contributed by atoms with E-state index in [1.54, 1.807) is 0 Å². The number of H-pyrrole nitrogens is 1. The zero-order valence-corrected chi connectivity index (χ0v) is 9.46. The summed E-state index contributed by atoms with van der Waals surface area (Å²) < 4.78 is 37.5. The van der Waals surface area contributed by atoms with Crippen molar-refractivity contribution in [1.82, 2.24) is 4.98 Å². The molecule has 80 valence electrons. The number of alkyl halides is 3. The normalized spacial score (nSPS) is 12.3. The molecular weight excluding hydrogens is 294 g/mol. The molecule has 0 fully saturated rings. The van der Waals surface area contributed by atoms with Crippen LogP contribution in [0.4, 0.5) is 13.2 Å². The van der Waals surface area contributed by atoms with Crippen molar-refractivity contribution in [2.45, 2.75) is 6.18 Å². The van der Waals surface area contributed by atoms with Gasteiger partial charge in [-0.25, -0.2) is 0 Å². The standard InChI is InChI=1S/C9H4BrClF3N/c10-7-5-3-4(11)1-2-6(5)15-8(7)9(12,13)14/h1-3,15H. The third-order valence-electron chi connectivity index (χ3n) is 1.98. The van der Waals surface area contributed by atoms with Crippen LogP contribution in [0.1, 0.15) is 5.69 Å². The number of hydrogen-bond donors (Lipinski definition) is 1. The van der Waals surface area contributed by atoms with E-state index in [1.807, 2.05) is 0 Å². The van der Waals surface area contributed by atoms with Crippen LogP contribution >= 0.6 is 27.5 Å². The molecule has 1 N–H and O–H groups in total. The predicted octanol–water partition coefficient (Wildman–Crippen LogP) is 4.60. The Bertz CT molecular complexity index is 518. The molecule has 0 saturated heterocycles. The van der Waals surface area contributed by atoms with Gasteiger partial charge in [0.25, 0.3) is 0 Å². The summed E-state index contributed by atoms with van der Waals surface area (Å²) in [4.78, 5) is 2.30. The highest BCUT2D eigenvalue weighted by Gasteiger charge is 2.35. The molecule has 0 aliphatic carbocycles. The largest absolute Gasteiger partial charge is 0.432 e. The molecule has 0 atom stereocenters. The topological polar surface area (TPSA) is 15.8 Å². The molecule has 1 aromatic carbocycles. The summed E-state index contributed by atoms with van der Waals surface area (Å²) in [5.74, 6) is 0. The Morgan fingerprint density at radius 1 is 1.27 bits per heavy atom. The maximum absolute atomic E-state index is 12.5. The smallest absolute Gasteiger partial charge is 0.350 e. The molecule has 0 saturated carbocycles. The molecule has 1 heterocycles. The van der Waals surface area contributed by atoms with Crippen LogP contribution in [0.5, 0.6) is 0 Å². The first kappa shape index (κ1) is 10.8. The fourth-order valence-corrected chi connectivity index (χ4v) is 2.15. The Hall–Kier alpha value is -0.680. The highest BCUT2D eigenvalue weighted by Crippen LogP contribution is 2.39. The molecule has 2 rings (SSSR count). The minimum absolute atomic E-state index is 0.00694. The van der Waals surface area contributed by atoms with Crippen molar-refractivity contribution in [3.8, 4) is 0 Å². The average molecular weight is 298 g/mol. The van der Waals surface area contributed by atoms with E-state index in [4.69, 9.17) is 11.6 Å². The summed E-state index contributed by atoms with van der Waals surface area (Å²) in [6.45, 7) is 0. The molecule has 0 amide bonds. The second-order valence-electron chi connectivity index (χ2n) is 3.00. The number of halogens is 5. The SMILES string of the molecule is FC(F)(F)c1[nH]c2ccc(Cl)cc2c1Br. The zero-order valence-electron chi connectivity index (χ0n) is 7.12. The van der Waals surface area contributed by atoms with Crippen molar-refractivity contribution in [3.63, 3.8) is 0 Å². The molecular formula is C9H4BrClF3N. The molecule has 2 aromatic rings. The van der Waals surface area contributed by atoms with Gasteiger partial charge in [0.15, 0.2) is 0 Å². The van der Waals surface area contributed by atoms with Gasteiger partial charge in [-0.05, 0) is 34.1 Å². The van der Waals surface area contributed by atoms with Crippen molar-refractivity contribution in [2.24, 2.45) is 0 Å². The van der Waals surface area contributed by atoms with Crippen molar-refractivity contribution in [1.29, 1.82) is 0 Å². The molecule has 15 heavy (non-hydrogen) atoms. The van der Waals surface area contributed by atoms with Crippen LogP contribution in [0.3, 0.4) is 0 Å². The first-order chi connectivity index (χ1) is 6.89. The molecule has 1 nitrogen and oxygen atoms in total. The molecule has 1 aromatic heterocycles. The molecule has 0 bridgehead atoms. The van der Waals surface area contributed by atoms with Crippen LogP contribution < -0.4 is 0 Å². The summed E-state index contributed by atoms with van der Waals surface area (Å²) in [6, 6.07) is 4.53. The summed E-state index contributed by atoms with van der Waals surface area (Å²) in [6.07, 6.45) is -4.40. The van der Waals surface area contributed by atoms with Crippen LogP contribution in [0.2, 0.25) is 5.02 Å². The minimum atomic E-state index is -4.40. The van der Waals surface area contributed by atoms with Gasteiger partial charge in [-0.15, -0.1) is 0 Å². The van der Waals surface area contributed by atoms with Crippen molar-refractivity contribution >= 4 is 38.4 Å². The number of aromatic nitrogens is 1. The van der Waals surface area contributed by atoms with Gasteiger partial charge < -0.3 is 4.98 Å². The van der Waals surface area contributed by atoms with E-state index in [9.17, 15) is 13.2 Å². The van der Waals surface area contributed by atoms with Crippen LogP contribution in [-0.4, -0.2) is 4.98 Å². The molecule has 6 heteroatoms. The fraction of sp³-hybridized carbons (Fsp3) is 0.111. The lowest BCUT2D eigenvalue weighted by Gasteiger charge is -2.03. The van der Waals surface area contributed by atoms with E-state index in [0.717, 1.165) is 0 Å².